The summed E-state index contributed by atoms with van der Waals surface area (Å²) in [7, 11) is 0. The maximum absolute atomic E-state index is 13.3. The van der Waals surface area contributed by atoms with E-state index in [1.807, 2.05) is 19.1 Å². The van der Waals surface area contributed by atoms with E-state index in [0.717, 1.165) is 122 Å². The van der Waals surface area contributed by atoms with Gasteiger partial charge in [0.25, 0.3) is 0 Å². The number of nitrogens with one attached hydrogen (secondary N) is 1. The number of ether oxygens (including phenoxy) is 1. The molecule has 3 N–H and O–H groups in total. The van der Waals surface area contributed by atoms with Gasteiger partial charge < -0.3 is 20.3 Å². The number of hydrogen-bond donors (Lipinski definition) is 3. The lowest BCUT2D eigenvalue weighted by Crippen LogP contribution is -2.16. The number of aliphatic imine (C=N–C) groups is 3. The molecule has 0 radical (unpaired) electrons. The maximum Gasteiger partial charge on any atom is 0.306 e. The van der Waals surface area contributed by atoms with E-state index in [-0.39, 0.29) is 30.8 Å². The molecule has 308 valence electrons. The number of rotatable bonds is 14. The Hall–Kier alpha value is -4.82. The lowest BCUT2D eigenvalue weighted by Gasteiger charge is -2.18. The number of hydrogen-bond acceptors (Lipinski definition) is 8. The molecule has 0 amide bonds. The van der Waals surface area contributed by atoms with Crippen LogP contribution in [0.5, 0.6) is 0 Å². The summed E-state index contributed by atoms with van der Waals surface area (Å²) in [6.45, 7) is 23.3. The van der Waals surface area contributed by atoms with Crippen LogP contribution < -0.4 is 5.32 Å². The fraction of sp³-hybridized carbons (Fsp3) is 0.480. The van der Waals surface area contributed by atoms with Crippen molar-refractivity contribution in [1.29, 1.82) is 0 Å². The minimum Gasteiger partial charge on any atom is -0.511 e. The Morgan fingerprint density at radius 2 is 1.55 bits per heavy atom. The first-order valence-electron chi connectivity index (χ1n) is 21.4. The highest BCUT2D eigenvalue weighted by atomic mass is 16.5. The van der Waals surface area contributed by atoms with Crippen molar-refractivity contribution in [3.8, 4) is 0 Å². The van der Waals surface area contributed by atoms with Crippen LogP contribution >= 0.6 is 0 Å². The number of carbonyl (C=O) groups is 1. The molecule has 0 aromatic heterocycles. The highest BCUT2D eigenvalue weighted by molar-refractivity contribution is 6.21. The van der Waals surface area contributed by atoms with E-state index in [0.29, 0.717) is 25.0 Å². The van der Waals surface area contributed by atoms with E-state index in [2.05, 4.69) is 85.9 Å². The largest absolute Gasteiger partial charge is 0.511 e. The Labute approximate surface area is 346 Å². The van der Waals surface area contributed by atoms with E-state index < -0.39 is 6.10 Å². The van der Waals surface area contributed by atoms with Crippen molar-refractivity contribution in [1.82, 2.24) is 5.32 Å². The molecule has 8 nitrogen and oxygen atoms in total. The maximum atomic E-state index is 13.3. The zero-order valence-corrected chi connectivity index (χ0v) is 36.7. The van der Waals surface area contributed by atoms with E-state index in [4.69, 9.17) is 19.7 Å². The summed E-state index contributed by atoms with van der Waals surface area (Å²) in [4.78, 5) is 28.9. The van der Waals surface area contributed by atoms with Crippen molar-refractivity contribution in [2.45, 2.75) is 140 Å². The second-order valence-electron chi connectivity index (χ2n) is 17.0. The summed E-state index contributed by atoms with van der Waals surface area (Å²) >= 11 is 0. The molecule has 6 rings (SSSR count). The molecular weight excluding hydrogens is 721 g/mol. The molecule has 1 fully saturated rings. The van der Waals surface area contributed by atoms with Crippen molar-refractivity contribution >= 4 is 23.1 Å². The quantitative estimate of drug-likeness (QED) is 0.120. The molecule has 0 spiro atoms. The molecule has 3 atom stereocenters. The third kappa shape index (κ3) is 8.63. The number of fused-ring (bicyclic) bond motifs is 5. The molecule has 1 aliphatic carbocycles. The first kappa shape index (κ1) is 42.8. The van der Waals surface area contributed by atoms with Gasteiger partial charge in [-0.1, -0.05) is 49.6 Å². The summed E-state index contributed by atoms with van der Waals surface area (Å²) < 4.78 is 5.77. The molecule has 1 saturated heterocycles. The Balaban J connectivity index is 1.30. The molecule has 3 unspecified atom stereocenters. The smallest absolute Gasteiger partial charge is 0.306 e. The molecular formula is C50H64N4O4. The topological polar surface area (TPSA) is 116 Å². The van der Waals surface area contributed by atoms with Gasteiger partial charge in [0.1, 0.15) is 12.4 Å². The predicted octanol–water partition coefficient (Wildman–Crippen LogP) is 11.6. The summed E-state index contributed by atoms with van der Waals surface area (Å²) in [5.74, 6) is 0.0687. The van der Waals surface area contributed by atoms with E-state index in [9.17, 15) is 15.0 Å². The predicted molar refractivity (Wildman–Crippen MR) is 239 cm³/mol. The van der Waals surface area contributed by atoms with Crippen molar-refractivity contribution in [2.75, 3.05) is 6.61 Å². The Morgan fingerprint density at radius 3 is 2.22 bits per heavy atom. The van der Waals surface area contributed by atoms with Gasteiger partial charge in [0.05, 0.1) is 40.3 Å². The average molecular weight is 785 g/mol. The third-order valence-corrected chi connectivity index (χ3v) is 12.6. The van der Waals surface area contributed by atoms with Gasteiger partial charge in [-0.2, -0.15) is 0 Å². The van der Waals surface area contributed by atoms with Crippen LogP contribution in [0, 0.1) is 11.8 Å². The number of aliphatic hydroxyl groups excluding tert-OH is 2. The molecule has 0 saturated carbocycles. The van der Waals surface area contributed by atoms with Crippen molar-refractivity contribution < 1.29 is 19.7 Å². The monoisotopic (exact) mass is 784 g/mol. The molecule has 8 bridgehead atoms. The summed E-state index contributed by atoms with van der Waals surface area (Å²) in [5, 5.41) is 26.5. The van der Waals surface area contributed by atoms with E-state index in [1.54, 1.807) is 6.92 Å². The number of esters is 1. The number of aliphatic hydroxyl groups is 2. The third-order valence-electron chi connectivity index (χ3n) is 12.6. The Morgan fingerprint density at radius 1 is 0.862 bits per heavy atom. The van der Waals surface area contributed by atoms with Gasteiger partial charge in [0.2, 0.25) is 0 Å². The Bertz CT molecular complexity index is 2230. The van der Waals surface area contributed by atoms with Crippen molar-refractivity contribution in [3.63, 3.8) is 0 Å². The minimum absolute atomic E-state index is 0.0104. The van der Waals surface area contributed by atoms with Crippen LogP contribution in [0.3, 0.4) is 0 Å². The molecule has 58 heavy (non-hydrogen) atoms. The highest BCUT2D eigenvalue weighted by Gasteiger charge is 2.42. The fourth-order valence-corrected chi connectivity index (χ4v) is 9.28. The fourth-order valence-electron chi connectivity index (χ4n) is 9.28. The standard InChI is InChI=1S/C50H64N4O4/c1-12-35-30(7)39-25-42-45(34(11)55)32(9)48(53-42)33(10)47-31(8)37(20-21-44(57)58-23-22-29(6)19-15-18-28(5)17-14-16-27(3)4)49(54-47)38-24-43(56)46-36(13-2)41(52-50(38)46)26-40(35)51-39/h16,18,22,25-26,31,34,37,54-56H,12-15,17,19-21,23-24H2,1-11H3. The van der Waals surface area contributed by atoms with Gasteiger partial charge in [-0.15, -0.1) is 0 Å². The molecule has 5 heterocycles. The SMILES string of the molecule is CCC1=C2C=C3N=C(C=C4N=C(C(C)=C4C(C)O)C(C)=C4NC(=C5CC(O)=C1C5=N2)C(CCC(=O)OCC=C(C)CCC=C(C)CCC=C(C)C)C4C)C(C)=C3CC. The van der Waals surface area contributed by atoms with Gasteiger partial charge in [-0.3, -0.25) is 4.79 Å². The van der Waals surface area contributed by atoms with Crippen LogP contribution in [-0.4, -0.2) is 46.0 Å². The van der Waals surface area contributed by atoms with Gasteiger partial charge >= 0.3 is 5.97 Å². The van der Waals surface area contributed by atoms with Gasteiger partial charge in [0, 0.05) is 52.8 Å². The van der Waals surface area contributed by atoms with Gasteiger partial charge in [0.15, 0.2) is 0 Å². The molecule has 8 heteroatoms. The first-order valence-corrected chi connectivity index (χ1v) is 21.4. The van der Waals surface area contributed by atoms with Crippen LogP contribution in [0.15, 0.2) is 141 Å². The van der Waals surface area contributed by atoms with E-state index in [1.165, 1.54) is 16.7 Å². The van der Waals surface area contributed by atoms with Crippen LogP contribution in [0.1, 0.15) is 134 Å². The van der Waals surface area contributed by atoms with E-state index >= 15 is 0 Å². The second-order valence-corrected chi connectivity index (χ2v) is 17.0. The van der Waals surface area contributed by atoms with Crippen molar-refractivity contribution in [2.24, 2.45) is 26.8 Å². The summed E-state index contributed by atoms with van der Waals surface area (Å²) in [5.41, 5.74) is 18.7. The number of carbonyl (C=O) groups excluding carboxylic acids is 1. The highest BCUT2D eigenvalue weighted by Crippen LogP contribution is 2.48. The van der Waals surface area contributed by atoms with Crippen LogP contribution in [0.2, 0.25) is 0 Å². The normalized spacial score (nSPS) is 22.5. The summed E-state index contributed by atoms with van der Waals surface area (Å²) in [6, 6.07) is 0. The van der Waals surface area contributed by atoms with Crippen LogP contribution in [0.4, 0.5) is 0 Å². The van der Waals surface area contributed by atoms with Crippen LogP contribution in [0.25, 0.3) is 0 Å². The minimum atomic E-state index is -0.721. The lowest BCUT2D eigenvalue weighted by molar-refractivity contribution is -0.142. The Kier molecular flexibility index (Phi) is 13.3. The van der Waals surface area contributed by atoms with Crippen molar-refractivity contribution in [3.05, 3.63) is 126 Å². The van der Waals surface area contributed by atoms with Crippen LogP contribution in [-0.2, 0) is 9.53 Å². The molecule has 5 aliphatic heterocycles. The first-order chi connectivity index (χ1) is 27.6. The molecule has 6 aliphatic rings. The average Bonchev–Trinajstić information content (AvgIpc) is 3.94. The number of allylic oxidation sites excluding steroid dienone is 16. The number of nitrogens with zero attached hydrogens (tertiary/aromatic N) is 3. The zero-order valence-electron chi connectivity index (χ0n) is 36.7. The lowest BCUT2D eigenvalue weighted by atomic mass is 9.85. The van der Waals surface area contributed by atoms with Gasteiger partial charge in [-0.05, 0) is 146 Å². The molecule has 0 aromatic rings. The molecule has 0 aromatic carbocycles. The van der Waals surface area contributed by atoms with Gasteiger partial charge in [-0.25, -0.2) is 15.0 Å². The summed E-state index contributed by atoms with van der Waals surface area (Å²) in [6.07, 6.45) is 16.8. The zero-order chi connectivity index (χ0) is 42.0. The second kappa shape index (κ2) is 18.0.